The summed E-state index contributed by atoms with van der Waals surface area (Å²) in [6, 6.07) is 0. The Hall–Kier alpha value is -0.770. The summed E-state index contributed by atoms with van der Waals surface area (Å²) in [5, 5.41) is 34.1. The first-order valence-electron chi connectivity index (χ1n) is 19.1. The van der Waals surface area contributed by atoms with Gasteiger partial charge in [-0.2, -0.15) is 0 Å². The fourth-order valence-corrected chi connectivity index (χ4v) is 13.8. The third kappa shape index (κ3) is 4.76. The van der Waals surface area contributed by atoms with Gasteiger partial charge in [-0.05, 0) is 116 Å². The lowest BCUT2D eigenvalue weighted by Crippen LogP contribution is -2.60. The Balaban J connectivity index is 1.10. The van der Waals surface area contributed by atoms with E-state index in [1.165, 1.54) is 12.8 Å². The molecule has 1 amide bonds. The number of aliphatic hydroxyl groups excluding tert-OH is 2. The Morgan fingerprint density at radius 3 is 2.40 bits per heavy atom. The van der Waals surface area contributed by atoms with Crippen LogP contribution in [-0.2, 0) is 19.0 Å². The SMILES string of the molecule is CC(C)CC(=O)N1CCO[C@@H](OC2CC[C@]34C[C@]35CC[C@]3(C)[C@@H]6C(OC([C@H](O)C(C)(C)O)C[C@H]6C)[C@H](O)[C@@]3(C)C5CC[C@H]4C2(C)C)C1. The molecule has 5 aliphatic carbocycles. The summed E-state index contributed by atoms with van der Waals surface area (Å²) in [5.41, 5.74) is -1.04. The molecule has 2 aliphatic heterocycles. The number of aliphatic hydroxyl groups is 3. The maximum absolute atomic E-state index is 12.8. The topological polar surface area (TPSA) is 109 Å². The molecule has 8 heteroatoms. The molecule has 5 saturated carbocycles. The number of fused-ring (bicyclic) bond motifs is 4. The first-order chi connectivity index (χ1) is 21.8. The van der Waals surface area contributed by atoms with E-state index in [1.807, 2.05) is 4.90 Å². The van der Waals surface area contributed by atoms with Crippen molar-refractivity contribution in [1.29, 1.82) is 0 Å². The van der Waals surface area contributed by atoms with Crippen LogP contribution in [0.4, 0.5) is 0 Å². The first kappa shape index (κ1) is 34.7. The average molecular weight is 660 g/mol. The summed E-state index contributed by atoms with van der Waals surface area (Å²) in [6.45, 7) is 21.2. The lowest BCUT2D eigenvalue weighted by atomic mass is 9.41. The average Bonchev–Trinajstić information content (AvgIpc) is 3.62. The normalized spacial score (nSPS) is 50.9. The molecule has 0 aromatic heterocycles. The fourth-order valence-electron chi connectivity index (χ4n) is 13.8. The van der Waals surface area contributed by atoms with Gasteiger partial charge in [0.1, 0.15) is 6.10 Å². The second kappa shape index (κ2) is 11.1. The highest BCUT2D eigenvalue weighted by Crippen LogP contribution is 2.89. The van der Waals surface area contributed by atoms with E-state index in [-0.39, 0.29) is 57.4 Å². The van der Waals surface area contributed by atoms with Gasteiger partial charge in [-0.1, -0.05) is 48.5 Å². The maximum atomic E-state index is 12.8. The summed E-state index contributed by atoms with van der Waals surface area (Å²) < 4.78 is 19.6. The molecule has 2 heterocycles. The van der Waals surface area contributed by atoms with Crippen molar-refractivity contribution in [2.45, 2.75) is 163 Å². The monoisotopic (exact) mass is 659 g/mol. The molecule has 7 fully saturated rings. The predicted octanol–water partition coefficient (Wildman–Crippen LogP) is 5.55. The molecule has 7 rings (SSSR count). The largest absolute Gasteiger partial charge is 0.390 e. The van der Waals surface area contributed by atoms with Crippen LogP contribution >= 0.6 is 0 Å². The number of ether oxygens (including phenoxy) is 3. The maximum Gasteiger partial charge on any atom is 0.223 e. The first-order valence-corrected chi connectivity index (χ1v) is 19.1. The fraction of sp³-hybridized carbons (Fsp3) is 0.974. The van der Waals surface area contributed by atoms with Crippen molar-refractivity contribution in [1.82, 2.24) is 4.90 Å². The number of carbonyl (C=O) groups is 1. The van der Waals surface area contributed by atoms with E-state index in [0.717, 1.165) is 32.1 Å². The molecular weight excluding hydrogens is 594 g/mol. The number of rotatable bonds is 6. The van der Waals surface area contributed by atoms with Crippen molar-refractivity contribution in [3.05, 3.63) is 0 Å². The van der Waals surface area contributed by atoms with E-state index in [0.29, 0.717) is 56.2 Å². The summed E-state index contributed by atoms with van der Waals surface area (Å²) in [7, 11) is 0. The summed E-state index contributed by atoms with van der Waals surface area (Å²) in [5.74, 6) is 2.07. The summed E-state index contributed by atoms with van der Waals surface area (Å²) in [4.78, 5) is 14.8. The standard InChI is InChI=1S/C39H65NO7/c1-22(2)18-28(41)40-16-17-45-29(20-40)47-27-12-13-38-21-39(38)15-14-36(8)30-23(3)19-24(32(42)35(6,7)44)46-31(30)33(43)37(36,9)26(39)11-10-25(38)34(27,4)5/h22-27,29-33,42-44H,10-21H2,1-9H3/t23-,24?,25+,26?,27?,29+,30+,31?,32+,33+,36-,37-,38-,39+/m1/s1. The van der Waals surface area contributed by atoms with Crippen LogP contribution in [0, 0.1) is 56.7 Å². The second-order valence-electron chi connectivity index (χ2n) is 19.5. The molecule has 7 aliphatic rings. The van der Waals surface area contributed by atoms with Gasteiger partial charge < -0.3 is 34.4 Å². The zero-order valence-electron chi connectivity index (χ0n) is 30.8. The highest BCUT2D eigenvalue weighted by atomic mass is 16.7. The van der Waals surface area contributed by atoms with E-state index in [1.54, 1.807) is 13.8 Å². The van der Waals surface area contributed by atoms with Gasteiger partial charge in [0.15, 0.2) is 6.29 Å². The van der Waals surface area contributed by atoms with Gasteiger partial charge >= 0.3 is 0 Å². The third-order valence-corrected chi connectivity index (χ3v) is 16.1. The van der Waals surface area contributed by atoms with Crippen LogP contribution in [0.5, 0.6) is 0 Å². The van der Waals surface area contributed by atoms with E-state index < -0.39 is 23.9 Å². The minimum absolute atomic E-state index is 0.0116. The molecule has 47 heavy (non-hydrogen) atoms. The Morgan fingerprint density at radius 2 is 1.72 bits per heavy atom. The summed E-state index contributed by atoms with van der Waals surface area (Å²) >= 11 is 0. The van der Waals surface area contributed by atoms with Crippen LogP contribution in [0.15, 0.2) is 0 Å². The molecule has 2 saturated heterocycles. The number of nitrogens with zero attached hydrogens (tertiary/aromatic N) is 1. The lowest BCUT2D eigenvalue weighted by molar-refractivity contribution is -0.248. The van der Waals surface area contributed by atoms with Crippen molar-refractivity contribution in [3.8, 4) is 0 Å². The minimum Gasteiger partial charge on any atom is -0.390 e. The quantitative estimate of drug-likeness (QED) is 0.343. The minimum atomic E-state index is -1.26. The predicted molar refractivity (Wildman–Crippen MR) is 179 cm³/mol. The van der Waals surface area contributed by atoms with Crippen molar-refractivity contribution in [2.24, 2.45) is 56.7 Å². The highest BCUT2D eigenvalue weighted by molar-refractivity contribution is 5.76. The van der Waals surface area contributed by atoms with Crippen LogP contribution in [0.25, 0.3) is 0 Å². The Kier molecular flexibility index (Phi) is 8.20. The van der Waals surface area contributed by atoms with Gasteiger partial charge in [-0.25, -0.2) is 0 Å². The van der Waals surface area contributed by atoms with Gasteiger partial charge in [0.2, 0.25) is 5.91 Å². The lowest BCUT2D eigenvalue weighted by Gasteiger charge is -2.64. The second-order valence-corrected chi connectivity index (χ2v) is 19.5. The van der Waals surface area contributed by atoms with Crippen LogP contribution in [0.3, 0.4) is 0 Å². The molecule has 8 nitrogen and oxygen atoms in total. The highest BCUT2D eigenvalue weighted by Gasteiger charge is 2.84. The third-order valence-electron chi connectivity index (χ3n) is 16.1. The zero-order valence-corrected chi connectivity index (χ0v) is 30.8. The Morgan fingerprint density at radius 1 is 1.04 bits per heavy atom. The van der Waals surface area contributed by atoms with Crippen LogP contribution in [0.1, 0.15) is 120 Å². The molecule has 4 unspecified atom stereocenters. The van der Waals surface area contributed by atoms with Crippen molar-refractivity contribution in [2.75, 3.05) is 19.7 Å². The van der Waals surface area contributed by atoms with Crippen LogP contribution < -0.4 is 0 Å². The molecular formula is C39H65NO7. The van der Waals surface area contributed by atoms with Gasteiger partial charge in [0, 0.05) is 18.4 Å². The van der Waals surface area contributed by atoms with E-state index in [9.17, 15) is 20.1 Å². The number of carbonyl (C=O) groups excluding carboxylic acids is 1. The number of hydrogen-bond donors (Lipinski definition) is 3. The van der Waals surface area contributed by atoms with E-state index >= 15 is 0 Å². The van der Waals surface area contributed by atoms with Crippen LogP contribution in [-0.4, -0.2) is 88.2 Å². The zero-order chi connectivity index (χ0) is 34.1. The van der Waals surface area contributed by atoms with Gasteiger partial charge in [-0.3, -0.25) is 4.79 Å². The van der Waals surface area contributed by atoms with Crippen molar-refractivity contribution in [3.63, 3.8) is 0 Å². The van der Waals surface area contributed by atoms with E-state index in [2.05, 4.69) is 48.5 Å². The van der Waals surface area contributed by atoms with Gasteiger partial charge in [-0.15, -0.1) is 0 Å². The van der Waals surface area contributed by atoms with Crippen molar-refractivity contribution < 1.29 is 34.3 Å². The molecule has 0 radical (unpaired) electrons. The molecule has 2 spiro atoms. The molecule has 268 valence electrons. The summed E-state index contributed by atoms with van der Waals surface area (Å²) in [6.07, 6.45) is 6.64. The molecule has 0 aromatic rings. The van der Waals surface area contributed by atoms with Crippen LogP contribution in [0.2, 0.25) is 0 Å². The number of morpholine rings is 1. The number of amides is 1. The number of hydrogen-bond acceptors (Lipinski definition) is 7. The molecule has 14 atom stereocenters. The van der Waals surface area contributed by atoms with Gasteiger partial charge in [0.05, 0.1) is 43.2 Å². The van der Waals surface area contributed by atoms with Crippen molar-refractivity contribution >= 4 is 5.91 Å². The molecule has 3 N–H and O–H groups in total. The van der Waals surface area contributed by atoms with E-state index in [4.69, 9.17) is 14.2 Å². The van der Waals surface area contributed by atoms with Gasteiger partial charge in [0.25, 0.3) is 0 Å². The Labute approximate surface area is 283 Å². The smallest absolute Gasteiger partial charge is 0.223 e. The molecule has 0 bridgehead atoms. The Bertz CT molecular complexity index is 1230. The molecule has 0 aromatic carbocycles.